The fourth-order valence-corrected chi connectivity index (χ4v) is 9.32. The predicted octanol–water partition coefficient (Wildman–Crippen LogP) is 5.65. The number of phenols is 1. The first-order chi connectivity index (χ1) is 24.2. The van der Waals surface area contributed by atoms with Gasteiger partial charge in [0, 0.05) is 30.3 Å². The van der Waals surface area contributed by atoms with Gasteiger partial charge in [-0.2, -0.15) is 8.42 Å². The van der Waals surface area contributed by atoms with Gasteiger partial charge in [0.05, 0.1) is 27.0 Å². The smallest absolute Gasteiger partial charge is 0.266 e. The number of aromatic hydroxyl groups is 1. The monoisotopic (exact) mass is 761 g/mol. The van der Waals surface area contributed by atoms with Crippen molar-refractivity contribution in [2.45, 2.75) is 68.2 Å². The van der Waals surface area contributed by atoms with Gasteiger partial charge in [-0.3, -0.25) is 14.1 Å². The highest BCUT2D eigenvalue weighted by Crippen LogP contribution is 2.47. The summed E-state index contributed by atoms with van der Waals surface area (Å²) >= 11 is 1.34. The van der Waals surface area contributed by atoms with Crippen LogP contribution in [0.2, 0.25) is 0 Å². The first-order valence-corrected chi connectivity index (χ1v) is 21.4. The summed E-state index contributed by atoms with van der Waals surface area (Å²) in [6.07, 6.45) is 7.07. The average Bonchev–Trinajstić information content (AvgIpc) is 3.19. The Morgan fingerprint density at radius 2 is 1.67 bits per heavy atom. The number of amides is 2. The summed E-state index contributed by atoms with van der Waals surface area (Å²) in [4.78, 5) is 29.1. The molecule has 0 bridgehead atoms. The maximum Gasteiger partial charge on any atom is 0.266 e. The molecule has 2 amide bonds. The number of unbranched alkanes of at least 4 members (excludes halogenated alkanes) is 2. The number of carbonyl (C=O) groups excluding carboxylic acids is 2. The average molecular weight is 762 g/mol. The number of fused-ring (bicyclic) bond motifs is 1. The van der Waals surface area contributed by atoms with Crippen LogP contribution < -0.4 is 20.3 Å². The molecule has 15 heteroatoms. The molecule has 0 aliphatic carbocycles. The van der Waals surface area contributed by atoms with E-state index in [0.29, 0.717) is 22.7 Å². The third kappa shape index (κ3) is 10.9. The Bertz CT molecular complexity index is 1860. The van der Waals surface area contributed by atoms with Gasteiger partial charge >= 0.3 is 0 Å². The molecule has 0 saturated carbocycles. The fraction of sp³-hybridized carbons (Fsp3) is 0.444. The number of rotatable bonds is 17. The summed E-state index contributed by atoms with van der Waals surface area (Å²) in [6.45, 7) is 3.77. The van der Waals surface area contributed by atoms with Crippen LogP contribution >= 0.6 is 11.8 Å². The van der Waals surface area contributed by atoms with Crippen LogP contribution in [0.25, 0.3) is 0 Å². The van der Waals surface area contributed by atoms with Gasteiger partial charge in [-0.1, -0.05) is 69.9 Å². The molecule has 278 valence electrons. The van der Waals surface area contributed by atoms with Gasteiger partial charge in [-0.25, -0.2) is 8.42 Å². The molecule has 4 N–H and O–H groups in total. The lowest BCUT2D eigenvalue weighted by atomic mass is 9.79. The van der Waals surface area contributed by atoms with Gasteiger partial charge in [0.1, 0.15) is 17.5 Å². The number of ether oxygens (including phenoxy) is 1. The number of anilines is 2. The van der Waals surface area contributed by atoms with Crippen molar-refractivity contribution in [1.82, 2.24) is 10.6 Å². The van der Waals surface area contributed by atoms with Crippen molar-refractivity contribution in [2.24, 2.45) is 5.41 Å². The molecule has 1 aliphatic heterocycles. The van der Waals surface area contributed by atoms with E-state index in [2.05, 4.69) is 29.4 Å². The second-order valence-electron chi connectivity index (χ2n) is 12.8. The first kappa shape index (κ1) is 40.0. The number of sulfone groups is 1. The van der Waals surface area contributed by atoms with E-state index in [0.717, 1.165) is 44.2 Å². The molecule has 0 fully saturated rings. The zero-order valence-electron chi connectivity index (χ0n) is 29.1. The van der Waals surface area contributed by atoms with Crippen LogP contribution in [0.1, 0.15) is 64.0 Å². The van der Waals surface area contributed by atoms with E-state index in [1.54, 1.807) is 6.07 Å². The van der Waals surface area contributed by atoms with Crippen LogP contribution in [0.4, 0.5) is 11.4 Å². The second-order valence-corrected chi connectivity index (χ2v) is 17.2. The lowest BCUT2D eigenvalue weighted by Crippen LogP contribution is -2.43. The zero-order valence-corrected chi connectivity index (χ0v) is 31.6. The number of thioether (sulfide) groups is 1. The molecule has 1 unspecified atom stereocenters. The summed E-state index contributed by atoms with van der Waals surface area (Å²) < 4.78 is 66.0. The topological polar surface area (TPSA) is 179 Å². The maximum absolute atomic E-state index is 14.4. The normalized spacial score (nSPS) is 15.6. The Kier molecular flexibility index (Phi) is 13.8. The Balaban J connectivity index is 1.66. The number of para-hydroxylation sites is 1. The number of carbonyl (C=O) groups is 2. The molecule has 0 spiro atoms. The molecule has 1 aliphatic rings. The van der Waals surface area contributed by atoms with Crippen molar-refractivity contribution in [2.75, 3.05) is 42.4 Å². The number of hydrogen-bond donors (Lipinski definition) is 4. The fourth-order valence-electron chi connectivity index (χ4n) is 6.30. The Morgan fingerprint density at radius 1 is 1.02 bits per heavy atom. The van der Waals surface area contributed by atoms with Crippen molar-refractivity contribution in [3.05, 3.63) is 72.3 Å². The van der Waals surface area contributed by atoms with E-state index in [-0.39, 0.29) is 22.1 Å². The van der Waals surface area contributed by atoms with E-state index in [4.69, 9.17) is 9.29 Å². The number of benzene rings is 3. The molecule has 3 aromatic rings. The lowest BCUT2D eigenvalue weighted by molar-refractivity contribution is -0.130. The number of phenolic OH excluding ortho intramolecular Hbond substituents is 1. The second kappa shape index (κ2) is 17.6. The van der Waals surface area contributed by atoms with E-state index in [9.17, 15) is 31.5 Å². The van der Waals surface area contributed by atoms with Crippen molar-refractivity contribution in [3.8, 4) is 11.5 Å². The van der Waals surface area contributed by atoms with Crippen LogP contribution in [0.15, 0.2) is 76.5 Å². The van der Waals surface area contributed by atoms with Crippen LogP contribution in [0.5, 0.6) is 11.5 Å². The molecule has 0 radical (unpaired) electrons. The molecule has 51 heavy (non-hydrogen) atoms. The van der Waals surface area contributed by atoms with Crippen LogP contribution in [-0.4, -0.2) is 75.8 Å². The first-order valence-electron chi connectivity index (χ1n) is 16.9. The van der Waals surface area contributed by atoms with Gasteiger partial charge in [0.25, 0.3) is 16.0 Å². The van der Waals surface area contributed by atoms with Gasteiger partial charge in [-0.15, -0.1) is 11.8 Å². The molecule has 1 heterocycles. The predicted molar refractivity (Wildman–Crippen MR) is 199 cm³/mol. The van der Waals surface area contributed by atoms with Gasteiger partial charge in [0.15, 0.2) is 16.4 Å². The summed E-state index contributed by atoms with van der Waals surface area (Å²) in [5.41, 5.74) is 1.24. The number of nitrogens with one attached hydrogen (secondary N) is 2. The van der Waals surface area contributed by atoms with Crippen LogP contribution in [0.3, 0.4) is 0 Å². The molecule has 0 aromatic heterocycles. The summed E-state index contributed by atoms with van der Waals surface area (Å²) in [5, 5.41) is 14.7. The zero-order chi connectivity index (χ0) is 37.2. The molecule has 12 nitrogen and oxygen atoms in total. The molecule has 0 saturated heterocycles. The Labute approximate surface area is 305 Å². The highest BCUT2D eigenvalue weighted by atomic mass is 32.2. The van der Waals surface area contributed by atoms with Crippen molar-refractivity contribution in [1.29, 1.82) is 0 Å². The Morgan fingerprint density at radius 3 is 2.25 bits per heavy atom. The van der Waals surface area contributed by atoms with Crippen LogP contribution in [-0.2, 0) is 29.5 Å². The van der Waals surface area contributed by atoms with Crippen LogP contribution in [0, 0.1) is 5.41 Å². The van der Waals surface area contributed by atoms with Crippen molar-refractivity contribution >= 4 is 54.9 Å². The largest absolute Gasteiger partial charge is 0.508 e. The SMILES string of the molecule is CCCCC1(CCCC)CN(c2ccccc2)c2cc(SC)c(OCC(=O)NC(C(=O)NCCS(=O)(=O)O)c3ccc(O)cc3)cc2S(=O)(=O)C1. The van der Waals surface area contributed by atoms with Crippen molar-refractivity contribution in [3.63, 3.8) is 0 Å². The van der Waals surface area contributed by atoms with E-state index < -0.39 is 62.1 Å². The Hall–Kier alpha value is -3.79. The third-order valence-electron chi connectivity index (χ3n) is 8.86. The highest BCUT2D eigenvalue weighted by Gasteiger charge is 2.42. The lowest BCUT2D eigenvalue weighted by Gasteiger charge is -2.37. The summed E-state index contributed by atoms with van der Waals surface area (Å²) in [5.74, 6) is -2.09. The van der Waals surface area contributed by atoms with Gasteiger partial charge < -0.3 is 25.4 Å². The standard InChI is InChI=1S/C36H47N3O9S3/c1-4-6-17-36(18-7-5-2)24-39(27-11-9-8-10-12-27)29-21-31(49-3)30(22-32(29)50(43,44)25-36)48-23-33(41)38-34(26-13-15-28(40)16-14-26)35(42)37-19-20-51(45,46)47/h8-16,21-22,34,40H,4-7,17-20,23-25H2,1-3H3,(H,37,42)(H,38,41)(H,45,46,47). The van der Waals surface area contributed by atoms with Gasteiger partial charge in [-0.05, 0) is 55.0 Å². The molecule has 4 rings (SSSR count). The van der Waals surface area contributed by atoms with E-state index >= 15 is 0 Å². The molecule has 1 atom stereocenters. The van der Waals surface area contributed by atoms with E-state index in [1.807, 2.05) is 36.6 Å². The molecular formula is C36H47N3O9S3. The minimum absolute atomic E-state index is 0.0180. The number of nitrogens with zero attached hydrogens (tertiary/aromatic N) is 1. The van der Waals surface area contributed by atoms with E-state index in [1.165, 1.54) is 42.1 Å². The molecule has 3 aromatic carbocycles. The molecular weight excluding hydrogens is 715 g/mol. The minimum atomic E-state index is -4.34. The quantitative estimate of drug-likeness (QED) is 0.0987. The summed E-state index contributed by atoms with van der Waals surface area (Å²) in [7, 11) is -8.17. The summed E-state index contributed by atoms with van der Waals surface area (Å²) in [6, 6.07) is 17.2. The maximum atomic E-state index is 14.4. The van der Waals surface area contributed by atoms with Crippen molar-refractivity contribution < 1.29 is 40.8 Å². The number of hydrogen-bond acceptors (Lipinski definition) is 10. The highest BCUT2D eigenvalue weighted by molar-refractivity contribution is 7.98. The third-order valence-corrected chi connectivity index (χ3v) is 12.3. The minimum Gasteiger partial charge on any atom is -0.508 e. The van der Waals surface area contributed by atoms with Gasteiger partial charge in [0.2, 0.25) is 5.91 Å².